The molecule has 0 aliphatic heterocycles. The van der Waals surface area contributed by atoms with Gasteiger partial charge in [0.05, 0.1) is 16.8 Å². The van der Waals surface area contributed by atoms with Crippen LogP contribution in [0.4, 0.5) is 0 Å². The summed E-state index contributed by atoms with van der Waals surface area (Å²) in [6.45, 7) is 8.62. The van der Waals surface area contributed by atoms with Gasteiger partial charge in [-0.2, -0.15) is 0 Å². The molecule has 1 unspecified atom stereocenters. The predicted molar refractivity (Wildman–Crippen MR) is 183 cm³/mol. The molecule has 0 radical (unpaired) electrons. The zero-order valence-corrected chi connectivity index (χ0v) is 27.6. The van der Waals surface area contributed by atoms with Crippen molar-refractivity contribution in [2.75, 3.05) is 21.1 Å². The van der Waals surface area contributed by atoms with Crippen LogP contribution in [0.5, 0.6) is 0 Å². The van der Waals surface area contributed by atoms with Crippen LogP contribution in [0, 0.1) is 11.8 Å². The van der Waals surface area contributed by atoms with Gasteiger partial charge in [0.1, 0.15) is 12.0 Å². The Balaban J connectivity index is 0.000000584. The van der Waals surface area contributed by atoms with Gasteiger partial charge in [-0.15, -0.1) is 0 Å². The van der Waals surface area contributed by atoms with Crippen LogP contribution in [0.15, 0.2) is 83.0 Å². The smallest absolute Gasteiger partial charge is 0.182 e. The van der Waals surface area contributed by atoms with Crippen molar-refractivity contribution < 1.29 is 14.4 Å². The fraction of sp³-hybridized carbons (Fsp3) is 0.343. The molecule has 1 atom stereocenters. The highest BCUT2D eigenvalue weighted by Crippen LogP contribution is 2.43. The van der Waals surface area contributed by atoms with E-state index >= 15 is 0 Å². The lowest BCUT2D eigenvalue weighted by Gasteiger charge is -2.19. The van der Waals surface area contributed by atoms with Crippen LogP contribution in [0.3, 0.4) is 0 Å². The first-order valence-electron chi connectivity index (χ1n) is 14.4. The number of aliphatic imine (C=N–C) groups is 1. The largest absolute Gasteiger partial charge is 0.318 e. The molecule has 4 N–H and O–H groups in total. The molecule has 8 nitrogen and oxygen atoms in total. The van der Waals surface area contributed by atoms with Crippen molar-refractivity contribution in [3.8, 4) is 11.8 Å². The van der Waals surface area contributed by atoms with Crippen molar-refractivity contribution in [1.82, 2.24) is 15.6 Å². The maximum atomic E-state index is 10.5. The second-order valence-electron chi connectivity index (χ2n) is 9.13. The lowest BCUT2D eigenvalue weighted by Crippen LogP contribution is -2.29. The van der Waals surface area contributed by atoms with Crippen molar-refractivity contribution in [2.24, 2.45) is 10.7 Å². The van der Waals surface area contributed by atoms with Gasteiger partial charge in [-0.05, 0) is 87.7 Å². The van der Waals surface area contributed by atoms with E-state index in [4.69, 9.17) is 26.9 Å². The molecule has 1 fully saturated rings. The Morgan fingerprint density at radius 3 is 2.23 bits per heavy atom. The van der Waals surface area contributed by atoms with E-state index in [-0.39, 0.29) is 24.2 Å². The molecular formula is C35H46ClN5O3. The average molecular weight is 620 g/mol. The number of aldehydes is 3. The fourth-order valence-electron chi connectivity index (χ4n) is 3.76. The number of aromatic nitrogens is 1. The van der Waals surface area contributed by atoms with Crippen LogP contribution in [0.2, 0.25) is 5.02 Å². The third-order valence-electron chi connectivity index (χ3n) is 6.14. The lowest BCUT2D eigenvalue weighted by molar-refractivity contribution is -0.122. The number of halogens is 1. The first-order valence-corrected chi connectivity index (χ1v) is 14.8. The molecule has 4 rings (SSSR count). The van der Waals surface area contributed by atoms with Gasteiger partial charge in [-0.1, -0.05) is 67.8 Å². The summed E-state index contributed by atoms with van der Waals surface area (Å²) in [7, 11) is 5.75. The van der Waals surface area contributed by atoms with Crippen molar-refractivity contribution in [3.05, 3.63) is 99.9 Å². The highest BCUT2D eigenvalue weighted by atomic mass is 35.5. The van der Waals surface area contributed by atoms with Crippen LogP contribution >= 0.6 is 11.6 Å². The summed E-state index contributed by atoms with van der Waals surface area (Å²) in [6.07, 6.45) is 14.1. The quantitative estimate of drug-likeness (QED) is 0.227. The summed E-state index contributed by atoms with van der Waals surface area (Å²) in [5.74, 6) is 5.58. The molecule has 0 bridgehead atoms. The number of nitrogens with one attached hydrogen (secondary N) is 2. The molecule has 0 amide bonds. The molecule has 1 aromatic carbocycles. The van der Waals surface area contributed by atoms with Gasteiger partial charge in [0, 0.05) is 30.9 Å². The molecule has 44 heavy (non-hydrogen) atoms. The van der Waals surface area contributed by atoms with Crippen LogP contribution < -0.4 is 16.4 Å². The SMILES string of the molecule is C/C=C1/C=C(C2(NC)CC2)C=CC1=NC.CC.CC(N)C#Cc1ncccc1Cl.CNCc1ccccc1C=O.O=CC=O. The summed E-state index contributed by atoms with van der Waals surface area (Å²) in [5, 5.41) is 6.97. The zero-order valence-electron chi connectivity index (χ0n) is 26.9. The lowest BCUT2D eigenvalue weighted by atomic mass is 9.94. The third kappa shape index (κ3) is 14.5. The van der Waals surface area contributed by atoms with Gasteiger partial charge < -0.3 is 16.4 Å². The van der Waals surface area contributed by atoms with E-state index in [1.807, 2.05) is 66.2 Å². The average Bonchev–Trinajstić information content (AvgIpc) is 3.87. The van der Waals surface area contributed by atoms with Crippen molar-refractivity contribution in [1.29, 1.82) is 0 Å². The number of nitrogens with two attached hydrogens (primary N) is 1. The van der Waals surface area contributed by atoms with Gasteiger partial charge >= 0.3 is 0 Å². The zero-order chi connectivity index (χ0) is 33.4. The second-order valence-corrected chi connectivity index (χ2v) is 9.54. The Morgan fingerprint density at radius 1 is 1.09 bits per heavy atom. The standard InChI is InChI=1S/C13H18N2.C9H9ClN2.C9H11NO.C2H2O2.C2H6/c1-4-10-9-11(5-6-12(10)14-2)13(15-3)7-8-13;1-7(11)4-5-9-8(10)3-2-6-12-9;1-10-6-8-4-2-3-5-9(8)7-11;3-1-2-4;1-2/h4-6,9,15H,7-8H2,1-3H3;2-3,6-7H,11H2,1H3;2-5,7,10H,6H2,1H3;1-2H;1-2H3/b10-4-,14-12?;;;;. The molecule has 2 aromatic rings. The minimum atomic E-state index is -0.150. The second kappa shape index (κ2) is 23.5. The first kappa shape index (κ1) is 40.0. The molecule has 9 heteroatoms. The summed E-state index contributed by atoms with van der Waals surface area (Å²) in [4.78, 5) is 36.3. The highest BCUT2D eigenvalue weighted by molar-refractivity contribution is 6.31. The number of hydrogen-bond acceptors (Lipinski definition) is 8. The van der Waals surface area contributed by atoms with Crippen LogP contribution in [0.25, 0.3) is 0 Å². The Hall–Kier alpha value is -4.00. The van der Waals surface area contributed by atoms with E-state index in [2.05, 4.69) is 63.7 Å². The van der Waals surface area contributed by atoms with Gasteiger partial charge in [0.15, 0.2) is 12.6 Å². The van der Waals surface area contributed by atoms with Crippen LogP contribution in [0.1, 0.15) is 62.2 Å². The van der Waals surface area contributed by atoms with E-state index in [9.17, 15) is 4.79 Å². The minimum Gasteiger partial charge on any atom is -0.318 e. The molecule has 2 aliphatic carbocycles. The molecule has 2 aliphatic rings. The fourth-order valence-corrected chi connectivity index (χ4v) is 3.92. The number of benzene rings is 1. The molecule has 1 heterocycles. The predicted octanol–water partition coefficient (Wildman–Crippen LogP) is 5.31. The summed E-state index contributed by atoms with van der Waals surface area (Å²) < 4.78 is 0. The van der Waals surface area contributed by atoms with Crippen LogP contribution in [-0.2, 0) is 16.1 Å². The summed E-state index contributed by atoms with van der Waals surface area (Å²) in [5.41, 5.74) is 11.8. The third-order valence-corrected chi connectivity index (χ3v) is 6.45. The number of nitrogens with zero attached hydrogens (tertiary/aromatic N) is 2. The summed E-state index contributed by atoms with van der Waals surface area (Å²) >= 11 is 5.80. The van der Waals surface area contributed by atoms with Gasteiger partial charge in [-0.3, -0.25) is 19.4 Å². The van der Waals surface area contributed by atoms with E-state index in [0.29, 0.717) is 10.7 Å². The Morgan fingerprint density at radius 2 is 1.75 bits per heavy atom. The van der Waals surface area contributed by atoms with Crippen molar-refractivity contribution in [3.63, 3.8) is 0 Å². The molecule has 0 spiro atoms. The number of rotatable bonds is 6. The van der Waals surface area contributed by atoms with Gasteiger partial charge in [-0.25, -0.2) is 4.98 Å². The Kier molecular flexibility index (Phi) is 21.3. The molecule has 1 aromatic heterocycles. The number of allylic oxidation sites excluding steroid dienone is 4. The summed E-state index contributed by atoms with van der Waals surface area (Å²) in [6, 6.07) is 10.9. The molecular weight excluding hydrogens is 574 g/mol. The minimum absolute atomic E-state index is 0.150. The number of pyridine rings is 1. The molecule has 1 saturated carbocycles. The Labute approximate surface area is 268 Å². The van der Waals surface area contributed by atoms with E-state index in [0.717, 1.165) is 29.7 Å². The monoisotopic (exact) mass is 619 g/mol. The van der Waals surface area contributed by atoms with E-state index in [1.165, 1.54) is 24.0 Å². The highest BCUT2D eigenvalue weighted by Gasteiger charge is 2.44. The van der Waals surface area contributed by atoms with E-state index < -0.39 is 0 Å². The van der Waals surface area contributed by atoms with Gasteiger partial charge in [0.25, 0.3) is 0 Å². The number of likely N-dealkylation sites (N-methyl/N-ethyl adjacent to an activating group) is 1. The van der Waals surface area contributed by atoms with Crippen LogP contribution in [-0.4, -0.2) is 62.3 Å². The van der Waals surface area contributed by atoms with Crippen molar-refractivity contribution in [2.45, 2.75) is 58.7 Å². The molecule has 236 valence electrons. The number of carbonyl (C=O) groups is 3. The van der Waals surface area contributed by atoms with E-state index in [1.54, 1.807) is 18.3 Å². The maximum Gasteiger partial charge on any atom is 0.182 e. The topological polar surface area (TPSA) is 127 Å². The number of carbonyl (C=O) groups excluding carboxylic acids is 3. The maximum absolute atomic E-state index is 10.5. The first-order chi connectivity index (χ1) is 21.2. The Bertz CT molecular complexity index is 1360. The molecule has 0 saturated heterocycles. The number of hydrogen-bond donors (Lipinski definition) is 3. The van der Waals surface area contributed by atoms with Gasteiger partial charge in [0.2, 0.25) is 0 Å². The normalized spacial score (nSPS) is 15.8. The van der Waals surface area contributed by atoms with Crippen molar-refractivity contribution >= 4 is 36.2 Å².